The van der Waals surface area contributed by atoms with Gasteiger partial charge in [0.2, 0.25) is 0 Å². The number of amides is 1. The van der Waals surface area contributed by atoms with E-state index in [0.717, 1.165) is 0 Å². The monoisotopic (exact) mass is 333 g/mol. The molecule has 1 aromatic carbocycles. The lowest BCUT2D eigenvalue weighted by Crippen LogP contribution is -2.35. The first kappa shape index (κ1) is 17.4. The molecule has 7 heteroatoms. The summed E-state index contributed by atoms with van der Waals surface area (Å²) in [5.41, 5.74) is 0.183. The van der Waals surface area contributed by atoms with Gasteiger partial charge < -0.3 is 23.9 Å². The second-order valence-electron chi connectivity index (χ2n) is 4.89. The quantitative estimate of drug-likeness (QED) is 0.781. The van der Waals surface area contributed by atoms with Crippen LogP contribution in [-0.4, -0.2) is 32.2 Å². The fraction of sp³-hybridized carbons (Fsp3) is 0.294. The lowest BCUT2D eigenvalue weighted by molar-refractivity contribution is -0.129. The fourth-order valence-corrected chi connectivity index (χ4v) is 2.06. The number of hydrogen-bond donors (Lipinski definition) is 1. The van der Waals surface area contributed by atoms with Crippen LogP contribution < -0.4 is 14.8 Å². The fourth-order valence-electron chi connectivity index (χ4n) is 2.06. The predicted octanol–water partition coefficient (Wildman–Crippen LogP) is 2.16. The Morgan fingerprint density at radius 3 is 2.58 bits per heavy atom. The third kappa shape index (κ3) is 4.07. The van der Waals surface area contributed by atoms with Crippen molar-refractivity contribution in [3.8, 4) is 11.5 Å². The Labute approximate surface area is 139 Å². The van der Waals surface area contributed by atoms with Crippen molar-refractivity contribution in [1.29, 1.82) is 0 Å². The average molecular weight is 333 g/mol. The van der Waals surface area contributed by atoms with E-state index in [1.54, 1.807) is 24.3 Å². The van der Waals surface area contributed by atoms with E-state index < -0.39 is 18.0 Å². The summed E-state index contributed by atoms with van der Waals surface area (Å²) in [5, 5.41) is 2.63. The molecule has 2 rings (SSSR count). The maximum atomic E-state index is 12.3. The van der Waals surface area contributed by atoms with E-state index in [0.29, 0.717) is 11.5 Å². The lowest BCUT2D eigenvalue weighted by atomic mass is 10.2. The maximum absolute atomic E-state index is 12.3. The van der Waals surface area contributed by atoms with Gasteiger partial charge in [-0.1, -0.05) is 6.07 Å². The number of para-hydroxylation sites is 1. The Kier molecular flexibility index (Phi) is 5.83. The van der Waals surface area contributed by atoms with E-state index in [-0.39, 0.29) is 17.9 Å². The van der Waals surface area contributed by atoms with Crippen molar-refractivity contribution in [2.75, 3.05) is 14.2 Å². The van der Waals surface area contributed by atoms with Gasteiger partial charge in [-0.2, -0.15) is 0 Å². The summed E-state index contributed by atoms with van der Waals surface area (Å²) in [6.07, 6.45) is 0.545. The van der Waals surface area contributed by atoms with Crippen molar-refractivity contribution in [2.45, 2.75) is 19.6 Å². The highest BCUT2D eigenvalue weighted by Gasteiger charge is 2.23. The zero-order valence-corrected chi connectivity index (χ0v) is 13.7. The van der Waals surface area contributed by atoms with Gasteiger partial charge in [-0.25, -0.2) is 4.79 Å². The molecule has 0 fully saturated rings. The van der Waals surface area contributed by atoms with Crippen LogP contribution in [0.2, 0.25) is 0 Å². The molecule has 0 saturated heterocycles. The predicted molar refractivity (Wildman–Crippen MR) is 85.0 cm³/mol. The Morgan fingerprint density at radius 2 is 1.96 bits per heavy atom. The lowest BCUT2D eigenvalue weighted by Gasteiger charge is -2.15. The minimum absolute atomic E-state index is 0.183. The Morgan fingerprint density at radius 1 is 1.17 bits per heavy atom. The van der Waals surface area contributed by atoms with Crippen LogP contribution in [0.3, 0.4) is 0 Å². The molecule has 128 valence electrons. The molecule has 0 unspecified atom stereocenters. The molecule has 7 nitrogen and oxygen atoms in total. The highest BCUT2D eigenvalue weighted by Crippen LogP contribution is 2.31. The number of furan rings is 1. The molecule has 0 aliphatic rings. The maximum Gasteiger partial charge on any atom is 0.342 e. The molecule has 0 aliphatic carbocycles. The van der Waals surface area contributed by atoms with Gasteiger partial charge in [-0.15, -0.1) is 0 Å². The Bertz CT molecular complexity index is 695. The number of ether oxygens (including phenoxy) is 3. The number of rotatable bonds is 7. The normalized spacial score (nSPS) is 11.5. The van der Waals surface area contributed by atoms with Crippen LogP contribution >= 0.6 is 0 Å². The number of benzene rings is 1. The second-order valence-corrected chi connectivity index (χ2v) is 4.89. The zero-order valence-electron chi connectivity index (χ0n) is 13.7. The average Bonchev–Trinajstić information content (AvgIpc) is 3.12. The van der Waals surface area contributed by atoms with Crippen molar-refractivity contribution >= 4 is 11.9 Å². The molecular formula is C17H19NO6. The minimum atomic E-state index is -0.969. The van der Waals surface area contributed by atoms with E-state index in [1.807, 2.05) is 0 Å². The van der Waals surface area contributed by atoms with Crippen molar-refractivity contribution in [1.82, 2.24) is 5.32 Å². The highest BCUT2D eigenvalue weighted by atomic mass is 16.6. The number of methoxy groups -OCH3 is 2. The summed E-state index contributed by atoms with van der Waals surface area (Å²) >= 11 is 0. The van der Waals surface area contributed by atoms with Gasteiger partial charge in [0.05, 0.1) is 27.0 Å². The molecule has 1 atom stereocenters. The molecule has 1 heterocycles. The first-order valence-electron chi connectivity index (χ1n) is 7.29. The minimum Gasteiger partial charge on any atom is -0.493 e. The van der Waals surface area contributed by atoms with E-state index in [4.69, 9.17) is 18.6 Å². The third-order valence-corrected chi connectivity index (χ3v) is 3.29. The zero-order chi connectivity index (χ0) is 17.5. The smallest absolute Gasteiger partial charge is 0.342 e. The van der Waals surface area contributed by atoms with Crippen LogP contribution in [0.5, 0.6) is 11.5 Å². The van der Waals surface area contributed by atoms with Crippen molar-refractivity contribution in [2.24, 2.45) is 0 Å². The summed E-state index contributed by atoms with van der Waals surface area (Å²) in [6.45, 7) is 1.71. The standard InChI is InChI=1S/C17H19NO6/c1-11(16(19)18-10-12-6-5-9-23-12)24-17(20)13-7-4-8-14(21-2)15(13)22-3/h4-9,11H,10H2,1-3H3,(H,18,19)/t11-/m0/s1. The van der Waals surface area contributed by atoms with E-state index >= 15 is 0 Å². The first-order chi connectivity index (χ1) is 11.6. The Balaban J connectivity index is 1.99. The second kappa shape index (κ2) is 8.05. The van der Waals surface area contributed by atoms with Gasteiger partial charge in [0.1, 0.15) is 11.3 Å². The molecule has 24 heavy (non-hydrogen) atoms. The first-order valence-corrected chi connectivity index (χ1v) is 7.29. The molecule has 1 amide bonds. The molecule has 0 bridgehead atoms. The van der Waals surface area contributed by atoms with Crippen molar-refractivity contribution in [3.63, 3.8) is 0 Å². The van der Waals surface area contributed by atoms with Crippen LogP contribution in [-0.2, 0) is 16.1 Å². The summed E-state index contributed by atoms with van der Waals surface area (Å²) in [7, 11) is 2.89. The van der Waals surface area contributed by atoms with Crippen LogP contribution in [0.1, 0.15) is 23.0 Å². The van der Waals surface area contributed by atoms with Crippen molar-refractivity contribution < 1.29 is 28.2 Å². The van der Waals surface area contributed by atoms with Crippen LogP contribution in [0.4, 0.5) is 0 Å². The van der Waals surface area contributed by atoms with E-state index in [1.165, 1.54) is 33.5 Å². The van der Waals surface area contributed by atoms with Gasteiger partial charge >= 0.3 is 5.97 Å². The third-order valence-electron chi connectivity index (χ3n) is 3.29. The van der Waals surface area contributed by atoms with Crippen LogP contribution in [0.25, 0.3) is 0 Å². The van der Waals surface area contributed by atoms with Gasteiger partial charge in [-0.3, -0.25) is 4.79 Å². The highest BCUT2D eigenvalue weighted by molar-refractivity contribution is 5.95. The molecular weight excluding hydrogens is 314 g/mol. The number of carbonyl (C=O) groups is 2. The molecule has 0 spiro atoms. The summed E-state index contributed by atoms with van der Waals surface area (Å²) in [4.78, 5) is 24.3. The molecule has 0 saturated carbocycles. The van der Waals surface area contributed by atoms with Crippen molar-refractivity contribution in [3.05, 3.63) is 47.9 Å². The number of hydrogen-bond acceptors (Lipinski definition) is 6. The van der Waals surface area contributed by atoms with Crippen LogP contribution in [0, 0.1) is 0 Å². The molecule has 0 aliphatic heterocycles. The van der Waals surface area contributed by atoms with Gasteiger partial charge in [0.25, 0.3) is 5.91 Å². The largest absolute Gasteiger partial charge is 0.493 e. The topological polar surface area (TPSA) is 87.0 Å². The SMILES string of the molecule is COc1cccc(C(=O)O[C@@H](C)C(=O)NCc2ccco2)c1OC. The molecule has 0 radical (unpaired) electrons. The van der Waals surface area contributed by atoms with Gasteiger partial charge in [-0.05, 0) is 31.2 Å². The number of nitrogens with one attached hydrogen (secondary N) is 1. The Hall–Kier alpha value is -2.96. The summed E-state index contributed by atoms with van der Waals surface area (Å²) in [6, 6.07) is 8.30. The molecule has 2 aromatic rings. The van der Waals surface area contributed by atoms with Gasteiger partial charge in [0, 0.05) is 0 Å². The molecule has 1 N–H and O–H groups in total. The van der Waals surface area contributed by atoms with Crippen LogP contribution in [0.15, 0.2) is 41.0 Å². The number of esters is 1. The van der Waals surface area contributed by atoms with Gasteiger partial charge in [0.15, 0.2) is 17.6 Å². The number of carbonyl (C=O) groups excluding carboxylic acids is 2. The summed E-state index contributed by atoms with van der Waals surface area (Å²) in [5.74, 6) is 0.166. The molecule has 1 aromatic heterocycles. The van der Waals surface area contributed by atoms with E-state index in [2.05, 4.69) is 5.32 Å². The summed E-state index contributed by atoms with van der Waals surface area (Å²) < 4.78 is 20.6. The van der Waals surface area contributed by atoms with E-state index in [9.17, 15) is 9.59 Å².